The number of nitrogens with zero attached hydrogens (tertiary/aromatic N) is 2. The van der Waals surface area contributed by atoms with Gasteiger partial charge >= 0.3 is 0 Å². The maximum absolute atomic E-state index is 10.6. The first-order valence-electron chi connectivity index (χ1n) is 2.18. The lowest BCUT2D eigenvalue weighted by Crippen LogP contribution is -2.40. The fourth-order valence-corrected chi connectivity index (χ4v) is 0.433. The Morgan fingerprint density at radius 3 is 2.67 bits per heavy atom. The Morgan fingerprint density at radius 1 is 1.78 bits per heavy atom. The molecule has 6 heteroatoms. The highest BCUT2D eigenvalue weighted by molar-refractivity contribution is 4.65. The SMILES string of the molecule is O=[N+]([O-])[N+]1([O-])C=COC1. The smallest absolute Gasteiger partial charge is 0.284 e. The maximum atomic E-state index is 10.6. The first kappa shape index (κ1) is 5.99. The van der Waals surface area contributed by atoms with Gasteiger partial charge in [0, 0.05) is 0 Å². The summed E-state index contributed by atoms with van der Waals surface area (Å²) < 4.78 is 2.73. The molecule has 0 fully saturated rings. The Hall–Kier alpha value is -1.14. The van der Waals surface area contributed by atoms with Crippen LogP contribution in [0.15, 0.2) is 12.5 Å². The topological polar surface area (TPSA) is 75.4 Å². The van der Waals surface area contributed by atoms with Crippen LogP contribution >= 0.6 is 0 Å². The molecule has 0 spiro atoms. The largest absolute Gasteiger partial charge is 0.561 e. The van der Waals surface area contributed by atoms with Gasteiger partial charge in [0.2, 0.25) is 5.03 Å². The van der Waals surface area contributed by atoms with Crippen LogP contribution < -0.4 is 0 Å². The second kappa shape index (κ2) is 1.67. The Kier molecular flexibility index (Phi) is 1.11. The predicted octanol–water partition coefficient (Wildman–Crippen LogP) is -0.0484. The molecule has 0 bridgehead atoms. The van der Waals surface area contributed by atoms with E-state index in [9.17, 15) is 15.3 Å². The highest BCUT2D eigenvalue weighted by Crippen LogP contribution is 2.11. The molecular formula is C3H4N2O4. The Labute approximate surface area is 50.2 Å². The van der Waals surface area contributed by atoms with Crippen molar-refractivity contribution in [3.05, 3.63) is 27.8 Å². The highest BCUT2D eigenvalue weighted by atomic mass is 16.8. The van der Waals surface area contributed by atoms with Gasteiger partial charge in [-0.25, -0.2) is 10.1 Å². The Morgan fingerprint density at radius 2 is 2.44 bits per heavy atom. The first-order valence-corrected chi connectivity index (χ1v) is 2.18. The average Bonchev–Trinajstić information content (AvgIpc) is 2.16. The van der Waals surface area contributed by atoms with E-state index in [0.717, 1.165) is 12.5 Å². The molecule has 0 saturated carbocycles. The molecular weight excluding hydrogens is 128 g/mol. The van der Waals surface area contributed by atoms with Gasteiger partial charge in [-0.05, 0) is 4.76 Å². The van der Waals surface area contributed by atoms with E-state index in [-0.39, 0.29) is 0 Å². The molecule has 0 N–H and O–H groups in total. The van der Waals surface area contributed by atoms with E-state index in [1.807, 2.05) is 0 Å². The van der Waals surface area contributed by atoms with Crippen LogP contribution in [0, 0.1) is 15.3 Å². The van der Waals surface area contributed by atoms with Crippen LogP contribution in [0.4, 0.5) is 0 Å². The summed E-state index contributed by atoms with van der Waals surface area (Å²) in [6.07, 6.45) is 1.86. The third-order valence-electron chi connectivity index (χ3n) is 0.926. The summed E-state index contributed by atoms with van der Waals surface area (Å²) in [5.41, 5.74) is 0. The number of hydrogen-bond donors (Lipinski definition) is 0. The predicted molar refractivity (Wildman–Crippen MR) is 25.7 cm³/mol. The molecule has 0 saturated heterocycles. The molecule has 0 aromatic carbocycles. The highest BCUT2D eigenvalue weighted by Gasteiger charge is 2.31. The minimum absolute atomic E-state index is 0.465. The lowest BCUT2D eigenvalue weighted by atomic mass is 10.9. The zero-order valence-corrected chi connectivity index (χ0v) is 4.39. The summed E-state index contributed by atoms with van der Waals surface area (Å²) >= 11 is 0. The minimum Gasteiger partial charge on any atom is -0.561 e. The van der Waals surface area contributed by atoms with Crippen molar-refractivity contribution in [2.45, 2.75) is 0 Å². The van der Waals surface area contributed by atoms with Gasteiger partial charge in [-0.1, -0.05) is 0 Å². The van der Waals surface area contributed by atoms with Gasteiger partial charge in [-0.15, -0.1) is 0 Å². The van der Waals surface area contributed by atoms with E-state index in [1.165, 1.54) is 0 Å². The van der Waals surface area contributed by atoms with Crippen LogP contribution in [-0.4, -0.2) is 16.5 Å². The molecule has 0 aromatic heterocycles. The van der Waals surface area contributed by atoms with Gasteiger partial charge in [0.05, 0.1) is 0 Å². The van der Waals surface area contributed by atoms with Gasteiger partial charge in [-0.2, -0.15) is 0 Å². The zero-order valence-electron chi connectivity index (χ0n) is 4.39. The normalized spacial score (nSPS) is 32.1. The summed E-state index contributed by atoms with van der Waals surface area (Å²) in [6, 6.07) is 0. The van der Waals surface area contributed by atoms with Crippen LogP contribution in [-0.2, 0) is 4.74 Å². The zero-order chi connectivity index (χ0) is 6.91. The van der Waals surface area contributed by atoms with Crippen molar-refractivity contribution in [2.24, 2.45) is 0 Å². The fraction of sp³-hybridized carbons (Fsp3) is 0.333. The minimum atomic E-state index is -1.62. The summed E-state index contributed by atoms with van der Waals surface area (Å²) in [5, 5.41) is 19.5. The van der Waals surface area contributed by atoms with Gasteiger partial charge in [0.1, 0.15) is 6.26 Å². The molecule has 1 aliphatic heterocycles. The molecule has 50 valence electrons. The van der Waals surface area contributed by atoms with Crippen molar-refractivity contribution >= 4 is 0 Å². The molecule has 1 rings (SSSR count). The summed E-state index contributed by atoms with van der Waals surface area (Å²) in [6.45, 7) is -0.465. The summed E-state index contributed by atoms with van der Waals surface area (Å²) in [5.74, 6) is 0. The number of nitro groups is 1. The van der Waals surface area contributed by atoms with E-state index in [4.69, 9.17) is 0 Å². The molecule has 9 heavy (non-hydrogen) atoms. The van der Waals surface area contributed by atoms with Crippen molar-refractivity contribution in [2.75, 3.05) is 6.73 Å². The van der Waals surface area contributed by atoms with E-state index in [0.29, 0.717) is 0 Å². The second-order valence-corrected chi connectivity index (χ2v) is 1.57. The lowest BCUT2D eigenvalue weighted by molar-refractivity contribution is -1.27. The fourth-order valence-electron chi connectivity index (χ4n) is 0.433. The third kappa shape index (κ3) is 0.843. The van der Waals surface area contributed by atoms with Crippen LogP contribution in [0.2, 0.25) is 0 Å². The lowest BCUT2D eigenvalue weighted by Gasteiger charge is -2.18. The molecule has 1 heterocycles. The quantitative estimate of drug-likeness (QED) is 0.217. The monoisotopic (exact) mass is 132 g/mol. The Balaban J connectivity index is 2.74. The number of rotatable bonds is 1. The number of hydroxylamine groups is 2. The average molecular weight is 132 g/mol. The van der Waals surface area contributed by atoms with Crippen molar-refractivity contribution in [3.8, 4) is 0 Å². The number of ether oxygens (including phenoxy) is 1. The molecule has 0 aliphatic carbocycles. The molecule has 1 aliphatic rings. The molecule has 0 aromatic rings. The van der Waals surface area contributed by atoms with Gasteiger partial charge in [0.15, 0.2) is 6.20 Å². The molecule has 0 radical (unpaired) electrons. The number of quaternary nitrogens is 1. The molecule has 6 nitrogen and oxygen atoms in total. The van der Waals surface area contributed by atoms with Crippen molar-refractivity contribution < 1.29 is 14.5 Å². The van der Waals surface area contributed by atoms with Crippen LogP contribution in [0.1, 0.15) is 0 Å². The molecule has 1 atom stereocenters. The van der Waals surface area contributed by atoms with E-state index >= 15 is 0 Å². The molecule has 0 amide bonds. The Bertz CT molecular complexity index is 167. The van der Waals surface area contributed by atoms with Gasteiger partial charge in [0.25, 0.3) is 6.73 Å². The van der Waals surface area contributed by atoms with Crippen LogP contribution in [0.25, 0.3) is 0 Å². The van der Waals surface area contributed by atoms with Crippen molar-refractivity contribution in [1.82, 2.24) is 0 Å². The van der Waals surface area contributed by atoms with E-state index in [2.05, 4.69) is 4.74 Å². The standard InChI is InChI=1S/C3H4N2O4/c6-4(7)5(8)1-2-9-3-5/h1-2H,3H2. The second-order valence-electron chi connectivity index (χ2n) is 1.57. The van der Waals surface area contributed by atoms with Crippen molar-refractivity contribution in [3.63, 3.8) is 0 Å². The van der Waals surface area contributed by atoms with Gasteiger partial charge in [-0.3, -0.25) is 0 Å². The summed E-state index contributed by atoms with van der Waals surface area (Å²) in [4.78, 5) is 9.86. The summed E-state index contributed by atoms with van der Waals surface area (Å²) in [7, 11) is 0. The third-order valence-corrected chi connectivity index (χ3v) is 0.926. The van der Waals surface area contributed by atoms with E-state index < -0.39 is 16.5 Å². The van der Waals surface area contributed by atoms with Crippen molar-refractivity contribution in [1.29, 1.82) is 0 Å². The maximum Gasteiger partial charge on any atom is 0.284 e. The number of hydrogen-bond acceptors (Lipinski definition) is 4. The van der Waals surface area contributed by atoms with E-state index in [1.54, 1.807) is 0 Å². The molecule has 1 unspecified atom stereocenters. The van der Waals surface area contributed by atoms with Crippen LogP contribution in [0.3, 0.4) is 0 Å². The van der Waals surface area contributed by atoms with Crippen LogP contribution in [0.5, 0.6) is 0 Å². The van der Waals surface area contributed by atoms with Gasteiger partial charge < -0.3 is 9.94 Å². The first-order chi connectivity index (χ1) is 4.15.